The normalized spacial score (nSPS) is 13.3. The summed E-state index contributed by atoms with van der Waals surface area (Å²) in [6, 6.07) is 4.21. The summed E-state index contributed by atoms with van der Waals surface area (Å²) in [7, 11) is 3.39. The zero-order valence-corrected chi connectivity index (χ0v) is 12.3. The van der Waals surface area contributed by atoms with Crippen molar-refractivity contribution >= 4 is 0 Å². The molecule has 0 bridgehead atoms. The van der Waals surface area contributed by atoms with Gasteiger partial charge in [0.15, 0.2) is 0 Å². The number of hydrogen-bond acceptors (Lipinski definition) is 3. The molecule has 18 heavy (non-hydrogen) atoms. The molecule has 0 heterocycles. The maximum absolute atomic E-state index is 5.87. The molecule has 0 unspecified atom stereocenters. The van der Waals surface area contributed by atoms with E-state index < -0.39 is 0 Å². The van der Waals surface area contributed by atoms with Crippen molar-refractivity contribution < 1.29 is 9.47 Å². The second-order valence-electron chi connectivity index (χ2n) is 5.80. The maximum atomic E-state index is 5.87. The SMILES string of the molecule is COc1cc(C(C)(C)C)c(OC)cc1C[C@H](C)N. The highest BCUT2D eigenvalue weighted by molar-refractivity contribution is 5.49. The zero-order valence-electron chi connectivity index (χ0n) is 12.3. The van der Waals surface area contributed by atoms with Gasteiger partial charge in [-0.3, -0.25) is 0 Å². The Labute approximate surface area is 110 Å². The Kier molecular flexibility index (Phi) is 4.63. The third-order valence-corrected chi connectivity index (χ3v) is 2.95. The Morgan fingerprint density at radius 3 is 2.06 bits per heavy atom. The van der Waals surface area contributed by atoms with E-state index in [4.69, 9.17) is 15.2 Å². The van der Waals surface area contributed by atoms with Crippen LogP contribution >= 0.6 is 0 Å². The average molecular weight is 251 g/mol. The van der Waals surface area contributed by atoms with Crippen molar-refractivity contribution in [2.75, 3.05) is 14.2 Å². The highest BCUT2D eigenvalue weighted by Gasteiger charge is 2.21. The molecule has 0 spiro atoms. The molecule has 3 nitrogen and oxygen atoms in total. The van der Waals surface area contributed by atoms with Crippen LogP contribution in [0.4, 0.5) is 0 Å². The van der Waals surface area contributed by atoms with Gasteiger partial charge in [0.1, 0.15) is 11.5 Å². The number of benzene rings is 1. The van der Waals surface area contributed by atoms with E-state index in [0.717, 1.165) is 29.0 Å². The van der Waals surface area contributed by atoms with Crippen LogP contribution in [-0.4, -0.2) is 20.3 Å². The number of hydrogen-bond donors (Lipinski definition) is 1. The monoisotopic (exact) mass is 251 g/mol. The third kappa shape index (κ3) is 3.39. The number of ether oxygens (including phenoxy) is 2. The van der Waals surface area contributed by atoms with Crippen LogP contribution in [-0.2, 0) is 11.8 Å². The Morgan fingerprint density at radius 1 is 1.11 bits per heavy atom. The second kappa shape index (κ2) is 5.61. The zero-order chi connectivity index (χ0) is 13.9. The summed E-state index contributed by atoms with van der Waals surface area (Å²) in [4.78, 5) is 0. The fraction of sp³-hybridized carbons (Fsp3) is 0.600. The molecule has 0 aliphatic heterocycles. The first-order valence-corrected chi connectivity index (χ1v) is 6.30. The fourth-order valence-corrected chi connectivity index (χ4v) is 2.05. The van der Waals surface area contributed by atoms with Crippen molar-refractivity contribution in [2.45, 2.75) is 45.6 Å². The molecular weight excluding hydrogens is 226 g/mol. The van der Waals surface area contributed by atoms with Gasteiger partial charge in [0, 0.05) is 11.6 Å². The fourth-order valence-electron chi connectivity index (χ4n) is 2.05. The van der Waals surface area contributed by atoms with E-state index in [1.165, 1.54) is 0 Å². The van der Waals surface area contributed by atoms with Crippen LogP contribution in [0.5, 0.6) is 11.5 Å². The van der Waals surface area contributed by atoms with Gasteiger partial charge in [-0.25, -0.2) is 0 Å². The van der Waals surface area contributed by atoms with Crippen LogP contribution < -0.4 is 15.2 Å². The minimum atomic E-state index is 0.0193. The van der Waals surface area contributed by atoms with Crippen molar-refractivity contribution in [3.8, 4) is 11.5 Å². The van der Waals surface area contributed by atoms with E-state index in [1.54, 1.807) is 14.2 Å². The van der Waals surface area contributed by atoms with E-state index in [1.807, 2.05) is 13.0 Å². The summed E-state index contributed by atoms with van der Waals surface area (Å²) in [5.74, 6) is 1.79. The van der Waals surface area contributed by atoms with Crippen LogP contribution in [0, 0.1) is 0 Å². The molecule has 102 valence electrons. The van der Waals surface area contributed by atoms with Gasteiger partial charge in [-0.05, 0) is 36.5 Å². The van der Waals surface area contributed by atoms with Gasteiger partial charge in [0.25, 0.3) is 0 Å². The van der Waals surface area contributed by atoms with Crippen molar-refractivity contribution in [3.05, 3.63) is 23.3 Å². The highest BCUT2D eigenvalue weighted by atomic mass is 16.5. The summed E-state index contributed by atoms with van der Waals surface area (Å²) in [5.41, 5.74) is 8.13. The van der Waals surface area contributed by atoms with Gasteiger partial charge < -0.3 is 15.2 Å². The standard InChI is InChI=1S/C15H25NO2/c1-10(16)7-11-8-14(18-6)12(15(2,3)4)9-13(11)17-5/h8-10H,7,16H2,1-6H3/t10-/m0/s1. The molecule has 0 fully saturated rings. The molecule has 2 N–H and O–H groups in total. The lowest BCUT2D eigenvalue weighted by molar-refractivity contribution is 0.384. The van der Waals surface area contributed by atoms with Crippen molar-refractivity contribution in [3.63, 3.8) is 0 Å². The number of nitrogens with two attached hydrogens (primary N) is 1. The van der Waals surface area contributed by atoms with E-state index in [0.29, 0.717) is 0 Å². The highest BCUT2D eigenvalue weighted by Crippen LogP contribution is 2.36. The van der Waals surface area contributed by atoms with Crippen molar-refractivity contribution in [1.29, 1.82) is 0 Å². The molecule has 0 radical (unpaired) electrons. The minimum absolute atomic E-state index is 0.0193. The van der Waals surface area contributed by atoms with Crippen LogP contribution in [0.2, 0.25) is 0 Å². The van der Waals surface area contributed by atoms with E-state index in [-0.39, 0.29) is 11.5 Å². The van der Waals surface area contributed by atoms with Gasteiger partial charge in [-0.15, -0.1) is 0 Å². The molecule has 1 rings (SSSR count). The quantitative estimate of drug-likeness (QED) is 0.895. The van der Waals surface area contributed by atoms with Crippen molar-refractivity contribution in [1.82, 2.24) is 0 Å². The van der Waals surface area contributed by atoms with Gasteiger partial charge in [-0.1, -0.05) is 20.8 Å². The molecule has 0 aromatic heterocycles. The molecule has 1 aromatic rings. The second-order valence-corrected chi connectivity index (χ2v) is 5.80. The number of rotatable bonds is 4. The molecule has 3 heteroatoms. The first-order valence-electron chi connectivity index (χ1n) is 6.30. The molecule has 0 saturated carbocycles. The van der Waals surface area contributed by atoms with E-state index in [9.17, 15) is 0 Å². The molecule has 0 amide bonds. The van der Waals surface area contributed by atoms with Gasteiger partial charge in [-0.2, -0.15) is 0 Å². The lowest BCUT2D eigenvalue weighted by atomic mass is 9.85. The maximum Gasteiger partial charge on any atom is 0.123 e. The van der Waals surface area contributed by atoms with E-state index in [2.05, 4.69) is 26.8 Å². The molecule has 1 aromatic carbocycles. The number of methoxy groups -OCH3 is 2. The predicted octanol–water partition coefficient (Wildman–Crippen LogP) is 2.89. The summed E-state index contributed by atoms with van der Waals surface area (Å²) < 4.78 is 11.0. The van der Waals surface area contributed by atoms with Crippen LogP contribution in [0.15, 0.2) is 12.1 Å². The summed E-state index contributed by atoms with van der Waals surface area (Å²) in [6.45, 7) is 8.48. The topological polar surface area (TPSA) is 44.5 Å². The summed E-state index contributed by atoms with van der Waals surface area (Å²) in [5, 5.41) is 0. The third-order valence-electron chi connectivity index (χ3n) is 2.95. The molecule has 0 aliphatic rings. The smallest absolute Gasteiger partial charge is 0.123 e. The van der Waals surface area contributed by atoms with E-state index >= 15 is 0 Å². The minimum Gasteiger partial charge on any atom is -0.496 e. The summed E-state index contributed by atoms with van der Waals surface area (Å²) >= 11 is 0. The van der Waals surface area contributed by atoms with Gasteiger partial charge in [0.2, 0.25) is 0 Å². The molecule has 0 saturated heterocycles. The lowest BCUT2D eigenvalue weighted by Crippen LogP contribution is -2.19. The van der Waals surface area contributed by atoms with Crippen LogP contribution in [0.1, 0.15) is 38.8 Å². The predicted molar refractivity (Wildman–Crippen MR) is 75.6 cm³/mol. The Bertz CT molecular complexity index is 406. The average Bonchev–Trinajstić information content (AvgIpc) is 2.26. The Hall–Kier alpha value is -1.22. The van der Waals surface area contributed by atoms with Crippen molar-refractivity contribution in [2.24, 2.45) is 5.73 Å². The van der Waals surface area contributed by atoms with Gasteiger partial charge >= 0.3 is 0 Å². The van der Waals surface area contributed by atoms with Gasteiger partial charge in [0.05, 0.1) is 14.2 Å². The Morgan fingerprint density at radius 2 is 1.67 bits per heavy atom. The first kappa shape index (κ1) is 14.8. The van der Waals surface area contributed by atoms with Crippen LogP contribution in [0.3, 0.4) is 0 Å². The Balaban J connectivity index is 3.32. The van der Waals surface area contributed by atoms with Crippen LogP contribution in [0.25, 0.3) is 0 Å². The molecular formula is C15H25NO2. The summed E-state index contributed by atoms with van der Waals surface area (Å²) in [6.07, 6.45) is 0.782. The largest absolute Gasteiger partial charge is 0.496 e. The molecule has 1 atom stereocenters. The molecule has 0 aliphatic carbocycles. The lowest BCUT2D eigenvalue weighted by Gasteiger charge is -2.24. The first-order chi connectivity index (χ1) is 8.29.